The molecule has 14 heavy (non-hydrogen) atoms. The van der Waals surface area contributed by atoms with Gasteiger partial charge in [0.2, 0.25) is 0 Å². The van der Waals surface area contributed by atoms with Gasteiger partial charge in [-0.15, -0.1) is 0 Å². The molecule has 0 atom stereocenters. The highest BCUT2D eigenvalue weighted by atomic mass is 14.8. The maximum Gasteiger partial charge on any atom is 0.0649 e. The van der Waals surface area contributed by atoms with Crippen molar-refractivity contribution in [3.05, 3.63) is 35.4 Å². The number of aliphatic imine (C=N–C) groups is 1. The van der Waals surface area contributed by atoms with Gasteiger partial charge in [-0.1, -0.05) is 45.0 Å². The van der Waals surface area contributed by atoms with E-state index in [2.05, 4.69) is 50.0 Å². The van der Waals surface area contributed by atoms with Crippen LogP contribution in [0.2, 0.25) is 0 Å². The van der Waals surface area contributed by atoms with Crippen LogP contribution in [0.25, 0.3) is 0 Å². The number of benzene rings is 1. The Morgan fingerprint density at radius 3 is 2.64 bits per heavy atom. The highest BCUT2D eigenvalue weighted by molar-refractivity contribution is 6.03. The first-order valence-corrected chi connectivity index (χ1v) is 5.18. The molecule has 0 aliphatic carbocycles. The van der Waals surface area contributed by atoms with Gasteiger partial charge in [-0.05, 0) is 17.4 Å². The quantitative estimate of drug-likeness (QED) is 0.638. The van der Waals surface area contributed by atoms with Gasteiger partial charge in [0.05, 0.1) is 6.54 Å². The highest BCUT2D eigenvalue weighted by Crippen LogP contribution is 2.27. The zero-order valence-electron chi connectivity index (χ0n) is 9.17. The van der Waals surface area contributed by atoms with Gasteiger partial charge in [-0.3, -0.25) is 4.99 Å². The topological polar surface area (TPSA) is 12.4 Å². The molecule has 0 saturated heterocycles. The molecule has 0 radical (unpaired) electrons. The first-order valence-electron chi connectivity index (χ1n) is 5.18. The molecule has 0 bridgehead atoms. The lowest BCUT2D eigenvalue weighted by atomic mass is 9.87. The average Bonchev–Trinajstić information content (AvgIpc) is 2.47. The monoisotopic (exact) mass is 187 g/mol. The van der Waals surface area contributed by atoms with Crippen LogP contribution < -0.4 is 0 Å². The largest absolute Gasteiger partial charge is 0.284 e. The Hall–Kier alpha value is -1.11. The normalized spacial score (nSPS) is 15.2. The maximum absolute atomic E-state index is 4.61. The minimum Gasteiger partial charge on any atom is -0.284 e. The van der Waals surface area contributed by atoms with Crippen LogP contribution >= 0.6 is 0 Å². The fraction of sp³-hybridized carbons (Fsp3) is 0.462. The lowest BCUT2D eigenvalue weighted by Crippen LogP contribution is -2.12. The summed E-state index contributed by atoms with van der Waals surface area (Å²) >= 11 is 0. The van der Waals surface area contributed by atoms with E-state index >= 15 is 0 Å². The van der Waals surface area contributed by atoms with Gasteiger partial charge in [0.1, 0.15) is 0 Å². The van der Waals surface area contributed by atoms with Crippen molar-refractivity contribution in [2.24, 2.45) is 10.4 Å². The van der Waals surface area contributed by atoms with Crippen LogP contribution in [0.5, 0.6) is 0 Å². The third kappa shape index (κ3) is 1.87. The third-order valence-electron chi connectivity index (χ3n) is 2.47. The molecule has 1 aliphatic rings. The Morgan fingerprint density at radius 1 is 1.21 bits per heavy atom. The first-order chi connectivity index (χ1) is 6.56. The second-order valence-corrected chi connectivity index (χ2v) is 5.16. The Labute approximate surface area is 85.9 Å². The molecule has 0 unspecified atom stereocenters. The van der Waals surface area contributed by atoms with Crippen molar-refractivity contribution in [1.29, 1.82) is 0 Å². The molecule has 0 amide bonds. The van der Waals surface area contributed by atoms with Crippen molar-refractivity contribution < 1.29 is 0 Å². The third-order valence-corrected chi connectivity index (χ3v) is 2.47. The fourth-order valence-electron chi connectivity index (χ4n) is 1.86. The Kier molecular flexibility index (Phi) is 2.18. The molecular formula is C13H17N. The maximum atomic E-state index is 4.61. The molecule has 1 heterocycles. The predicted octanol–water partition coefficient (Wildman–Crippen LogP) is 3.43. The van der Waals surface area contributed by atoms with Crippen molar-refractivity contribution in [2.45, 2.75) is 33.7 Å². The summed E-state index contributed by atoms with van der Waals surface area (Å²) in [6, 6.07) is 8.55. The number of rotatable bonds is 1. The van der Waals surface area contributed by atoms with Gasteiger partial charge in [0.15, 0.2) is 0 Å². The lowest BCUT2D eigenvalue weighted by molar-refractivity contribution is 0.434. The summed E-state index contributed by atoms with van der Waals surface area (Å²) < 4.78 is 0. The summed E-state index contributed by atoms with van der Waals surface area (Å²) in [5.41, 5.74) is 4.36. The van der Waals surface area contributed by atoms with Gasteiger partial charge in [0, 0.05) is 11.3 Å². The van der Waals surface area contributed by atoms with Crippen LogP contribution in [0.3, 0.4) is 0 Å². The van der Waals surface area contributed by atoms with Gasteiger partial charge in [0.25, 0.3) is 0 Å². The second-order valence-electron chi connectivity index (χ2n) is 5.16. The van der Waals surface area contributed by atoms with Crippen LogP contribution in [0.15, 0.2) is 29.3 Å². The van der Waals surface area contributed by atoms with E-state index in [9.17, 15) is 0 Å². The zero-order valence-corrected chi connectivity index (χ0v) is 9.17. The molecule has 1 heteroatoms. The van der Waals surface area contributed by atoms with Crippen LogP contribution in [0, 0.1) is 5.41 Å². The van der Waals surface area contributed by atoms with E-state index in [4.69, 9.17) is 0 Å². The van der Waals surface area contributed by atoms with E-state index in [1.807, 2.05) is 0 Å². The number of hydrogen-bond acceptors (Lipinski definition) is 1. The molecule has 0 fully saturated rings. The Balaban J connectivity index is 2.25. The molecule has 0 aromatic heterocycles. The van der Waals surface area contributed by atoms with Crippen molar-refractivity contribution >= 4 is 5.71 Å². The number of nitrogens with zero attached hydrogens (tertiary/aromatic N) is 1. The van der Waals surface area contributed by atoms with Crippen molar-refractivity contribution in [2.75, 3.05) is 0 Å². The van der Waals surface area contributed by atoms with E-state index in [0.29, 0.717) is 5.41 Å². The SMILES string of the molecule is CC(C)(C)CC1=NCc2ccccc21. The van der Waals surface area contributed by atoms with E-state index in [1.54, 1.807) is 0 Å². The van der Waals surface area contributed by atoms with Gasteiger partial charge in [-0.25, -0.2) is 0 Å². The lowest BCUT2D eigenvalue weighted by Gasteiger charge is -2.18. The zero-order chi connectivity index (χ0) is 10.2. The molecule has 1 aliphatic heterocycles. The molecular weight excluding hydrogens is 170 g/mol. The molecule has 0 saturated carbocycles. The summed E-state index contributed by atoms with van der Waals surface area (Å²) in [5, 5.41) is 0. The number of fused-ring (bicyclic) bond motifs is 1. The number of hydrogen-bond donors (Lipinski definition) is 0. The van der Waals surface area contributed by atoms with E-state index in [1.165, 1.54) is 16.8 Å². The molecule has 1 aromatic carbocycles. The molecule has 0 N–H and O–H groups in total. The Morgan fingerprint density at radius 2 is 1.93 bits per heavy atom. The second kappa shape index (κ2) is 3.23. The molecule has 1 nitrogen and oxygen atoms in total. The van der Waals surface area contributed by atoms with Gasteiger partial charge in [-0.2, -0.15) is 0 Å². The van der Waals surface area contributed by atoms with E-state index in [-0.39, 0.29) is 0 Å². The summed E-state index contributed by atoms with van der Waals surface area (Å²) in [7, 11) is 0. The van der Waals surface area contributed by atoms with Crippen LogP contribution in [-0.4, -0.2) is 5.71 Å². The van der Waals surface area contributed by atoms with Crippen LogP contribution in [0.4, 0.5) is 0 Å². The van der Waals surface area contributed by atoms with E-state index < -0.39 is 0 Å². The van der Waals surface area contributed by atoms with Crippen LogP contribution in [0.1, 0.15) is 38.3 Å². The molecule has 2 rings (SSSR count). The first kappa shape index (κ1) is 9.45. The highest BCUT2D eigenvalue weighted by Gasteiger charge is 2.20. The molecule has 0 spiro atoms. The Bertz CT molecular complexity index is 369. The summed E-state index contributed by atoms with van der Waals surface area (Å²) in [5.74, 6) is 0. The molecule has 1 aromatic rings. The van der Waals surface area contributed by atoms with Crippen molar-refractivity contribution in [3.63, 3.8) is 0 Å². The summed E-state index contributed by atoms with van der Waals surface area (Å²) in [6.07, 6.45) is 1.07. The summed E-state index contributed by atoms with van der Waals surface area (Å²) in [4.78, 5) is 4.61. The van der Waals surface area contributed by atoms with Gasteiger partial charge >= 0.3 is 0 Å². The standard InChI is InChI=1S/C13H17N/c1-13(2,3)8-12-11-7-5-4-6-10(11)9-14-12/h4-7H,8-9H2,1-3H3. The van der Waals surface area contributed by atoms with Crippen molar-refractivity contribution in [1.82, 2.24) is 0 Å². The minimum atomic E-state index is 0.330. The predicted molar refractivity (Wildman–Crippen MR) is 60.8 cm³/mol. The smallest absolute Gasteiger partial charge is 0.0649 e. The fourth-order valence-corrected chi connectivity index (χ4v) is 1.86. The van der Waals surface area contributed by atoms with E-state index in [0.717, 1.165) is 13.0 Å². The summed E-state index contributed by atoms with van der Waals surface area (Å²) in [6.45, 7) is 7.66. The van der Waals surface area contributed by atoms with Crippen LogP contribution in [-0.2, 0) is 6.54 Å². The van der Waals surface area contributed by atoms with Crippen molar-refractivity contribution in [3.8, 4) is 0 Å². The minimum absolute atomic E-state index is 0.330. The molecule has 74 valence electrons. The van der Waals surface area contributed by atoms with Gasteiger partial charge < -0.3 is 0 Å². The average molecular weight is 187 g/mol.